The summed E-state index contributed by atoms with van der Waals surface area (Å²) in [4.78, 5) is 2.43. The van der Waals surface area contributed by atoms with E-state index in [2.05, 4.69) is 48.3 Å². The van der Waals surface area contributed by atoms with Gasteiger partial charge in [0.25, 0.3) is 0 Å². The minimum Gasteiger partial charge on any atom is -0.392 e. The summed E-state index contributed by atoms with van der Waals surface area (Å²) in [6.07, 6.45) is -0.293. The van der Waals surface area contributed by atoms with Crippen LogP contribution in [0.2, 0.25) is 0 Å². The molecule has 1 aromatic rings. The molecular formula is C15H26N2O. The quantitative estimate of drug-likeness (QED) is 0.741. The van der Waals surface area contributed by atoms with Crippen molar-refractivity contribution in [3.05, 3.63) is 35.9 Å². The number of likely N-dealkylation sites (N-methyl/N-ethyl adjacent to an activating group) is 1. The zero-order chi connectivity index (χ0) is 13.4. The molecule has 18 heavy (non-hydrogen) atoms. The lowest BCUT2D eigenvalue weighted by Crippen LogP contribution is -2.37. The first kappa shape index (κ1) is 15.2. The van der Waals surface area contributed by atoms with Crippen LogP contribution in [0.1, 0.15) is 32.4 Å². The second-order valence-electron chi connectivity index (χ2n) is 4.65. The summed E-state index contributed by atoms with van der Waals surface area (Å²) in [5.74, 6) is 0. The van der Waals surface area contributed by atoms with Gasteiger partial charge in [-0.05, 0) is 25.6 Å². The molecule has 0 aromatic heterocycles. The van der Waals surface area contributed by atoms with Crippen LogP contribution in [0, 0.1) is 0 Å². The average molecular weight is 250 g/mol. The second kappa shape index (κ2) is 8.25. The Bertz CT molecular complexity index is 310. The van der Waals surface area contributed by atoms with E-state index in [0.29, 0.717) is 12.6 Å². The zero-order valence-corrected chi connectivity index (χ0v) is 11.8. The van der Waals surface area contributed by atoms with Crippen molar-refractivity contribution in [3.63, 3.8) is 0 Å². The molecule has 102 valence electrons. The number of aliphatic hydroxyl groups excluding tert-OH is 1. The number of nitrogens with one attached hydrogen (secondary N) is 1. The van der Waals surface area contributed by atoms with Gasteiger partial charge in [0.15, 0.2) is 0 Å². The predicted octanol–water partition coefficient (Wildman–Crippen LogP) is 2.04. The van der Waals surface area contributed by atoms with Gasteiger partial charge in [0.1, 0.15) is 0 Å². The largest absolute Gasteiger partial charge is 0.392 e. The van der Waals surface area contributed by atoms with Crippen molar-refractivity contribution in [2.24, 2.45) is 0 Å². The highest BCUT2D eigenvalue weighted by Crippen LogP contribution is 2.19. The SMILES string of the molecule is CCN(CC)C(CNCC(C)O)c1ccccc1. The van der Waals surface area contributed by atoms with Crippen LogP contribution in [-0.2, 0) is 0 Å². The Balaban J connectivity index is 2.69. The maximum absolute atomic E-state index is 9.31. The summed E-state index contributed by atoms with van der Waals surface area (Å²) >= 11 is 0. The fraction of sp³-hybridized carbons (Fsp3) is 0.600. The summed E-state index contributed by atoms with van der Waals surface area (Å²) in [6.45, 7) is 9.77. The van der Waals surface area contributed by atoms with Gasteiger partial charge in [0.2, 0.25) is 0 Å². The van der Waals surface area contributed by atoms with Crippen molar-refractivity contribution in [3.8, 4) is 0 Å². The number of hydrogen-bond acceptors (Lipinski definition) is 3. The fourth-order valence-electron chi connectivity index (χ4n) is 2.23. The van der Waals surface area contributed by atoms with Crippen molar-refractivity contribution in [1.82, 2.24) is 10.2 Å². The smallest absolute Gasteiger partial charge is 0.0636 e. The molecule has 0 spiro atoms. The van der Waals surface area contributed by atoms with E-state index in [-0.39, 0.29) is 6.10 Å². The molecule has 0 radical (unpaired) electrons. The summed E-state index contributed by atoms with van der Waals surface area (Å²) < 4.78 is 0. The van der Waals surface area contributed by atoms with Crippen LogP contribution in [0.4, 0.5) is 0 Å². The van der Waals surface area contributed by atoms with Gasteiger partial charge in [-0.2, -0.15) is 0 Å². The molecule has 2 unspecified atom stereocenters. The molecule has 0 saturated carbocycles. The third kappa shape index (κ3) is 4.77. The molecule has 0 aliphatic rings. The first-order valence-corrected chi connectivity index (χ1v) is 6.86. The lowest BCUT2D eigenvalue weighted by atomic mass is 10.1. The van der Waals surface area contributed by atoms with Crippen molar-refractivity contribution in [2.75, 3.05) is 26.2 Å². The molecular weight excluding hydrogens is 224 g/mol. The van der Waals surface area contributed by atoms with Crippen LogP contribution in [-0.4, -0.2) is 42.3 Å². The average Bonchev–Trinajstić information content (AvgIpc) is 2.39. The second-order valence-corrected chi connectivity index (χ2v) is 4.65. The van der Waals surface area contributed by atoms with Gasteiger partial charge in [-0.25, -0.2) is 0 Å². The summed E-state index contributed by atoms with van der Waals surface area (Å²) in [5, 5.41) is 12.7. The Morgan fingerprint density at radius 3 is 2.22 bits per heavy atom. The van der Waals surface area contributed by atoms with Gasteiger partial charge >= 0.3 is 0 Å². The van der Waals surface area contributed by atoms with Gasteiger partial charge in [0.05, 0.1) is 6.10 Å². The zero-order valence-electron chi connectivity index (χ0n) is 11.8. The van der Waals surface area contributed by atoms with Crippen molar-refractivity contribution in [1.29, 1.82) is 0 Å². The molecule has 1 rings (SSSR count). The van der Waals surface area contributed by atoms with Crippen molar-refractivity contribution in [2.45, 2.75) is 32.9 Å². The standard InChI is InChI=1S/C15H26N2O/c1-4-17(5-2)15(12-16-11-13(3)18)14-9-7-6-8-10-14/h6-10,13,15-16,18H,4-5,11-12H2,1-3H3. The van der Waals surface area contributed by atoms with E-state index >= 15 is 0 Å². The summed E-state index contributed by atoms with van der Waals surface area (Å²) in [5.41, 5.74) is 1.33. The highest BCUT2D eigenvalue weighted by molar-refractivity contribution is 5.19. The normalized spacial score (nSPS) is 14.7. The molecule has 3 heteroatoms. The Morgan fingerprint density at radius 1 is 1.11 bits per heavy atom. The molecule has 0 heterocycles. The number of benzene rings is 1. The molecule has 0 aliphatic carbocycles. The van der Waals surface area contributed by atoms with E-state index in [4.69, 9.17) is 0 Å². The summed E-state index contributed by atoms with van der Waals surface area (Å²) in [7, 11) is 0. The number of rotatable bonds is 8. The third-order valence-electron chi connectivity index (χ3n) is 3.21. The van der Waals surface area contributed by atoms with Crippen LogP contribution in [0.15, 0.2) is 30.3 Å². The minimum absolute atomic E-state index is 0.293. The number of nitrogens with zero attached hydrogens (tertiary/aromatic N) is 1. The van der Waals surface area contributed by atoms with Crippen LogP contribution in [0.3, 0.4) is 0 Å². The summed E-state index contributed by atoms with van der Waals surface area (Å²) in [6, 6.07) is 10.9. The van der Waals surface area contributed by atoms with E-state index in [1.54, 1.807) is 0 Å². The first-order valence-electron chi connectivity index (χ1n) is 6.86. The highest BCUT2D eigenvalue weighted by Gasteiger charge is 2.17. The monoisotopic (exact) mass is 250 g/mol. The van der Waals surface area contributed by atoms with E-state index in [0.717, 1.165) is 19.6 Å². The van der Waals surface area contributed by atoms with E-state index in [9.17, 15) is 5.11 Å². The van der Waals surface area contributed by atoms with Gasteiger partial charge in [-0.3, -0.25) is 4.90 Å². The molecule has 0 fully saturated rings. The molecule has 1 aromatic carbocycles. The number of aliphatic hydroxyl groups is 1. The van der Waals surface area contributed by atoms with E-state index in [1.807, 2.05) is 13.0 Å². The molecule has 0 amide bonds. The lowest BCUT2D eigenvalue weighted by Gasteiger charge is -2.30. The van der Waals surface area contributed by atoms with Crippen molar-refractivity contribution >= 4 is 0 Å². The van der Waals surface area contributed by atoms with Crippen molar-refractivity contribution < 1.29 is 5.11 Å². The van der Waals surface area contributed by atoms with E-state index < -0.39 is 0 Å². The van der Waals surface area contributed by atoms with Gasteiger partial charge in [-0.1, -0.05) is 44.2 Å². The molecule has 3 nitrogen and oxygen atoms in total. The van der Waals surface area contributed by atoms with Gasteiger partial charge in [-0.15, -0.1) is 0 Å². The van der Waals surface area contributed by atoms with Gasteiger partial charge < -0.3 is 10.4 Å². The first-order chi connectivity index (χ1) is 8.69. The van der Waals surface area contributed by atoms with E-state index in [1.165, 1.54) is 5.56 Å². The highest BCUT2D eigenvalue weighted by atomic mass is 16.3. The minimum atomic E-state index is -0.293. The maximum atomic E-state index is 9.31. The third-order valence-corrected chi connectivity index (χ3v) is 3.21. The Labute approximate surface area is 111 Å². The van der Waals surface area contributed by atoms with Crippen LogP contribution < -0.4 is 5.32 Å². The molecule has 2 N–H and O–H groups in total. The maximum Gasteiger partial charge on any atom is 0.0636 e. The molecule has 0 bridgehead atoms. The number of hydrogen-bond donors (Lipinski definition) is 2. The topological polar surface area (TPSA) is 35.5 Å². The molecule has 0 saturated heterocycles. The molecule has 0 aliphatic heterocycles. The van der Waals surface area contributed by atoms with Gasteiger partial charge in [0, 0.05) is 19.1 Å². The van der Waals surface area contributed by atoms with Crippen LogP contribution >= 0.6 is 0 Å². The molecule has 2 atom stereocenters. The lowest BCUT2D eigenvalue weighted by molar-refractivity contribution is 0.175. The Kier molecular flexibility index (Phi) is 6.94. The Morgan fingerprint density at radius 2 is 1.72 bits per heavy atom. The van der Waals surface area contributed by atoms with Crippen LogP contribution in [0.5, 0.6) is 0 Å². The van der Waals surface area contributed by atoms with Crippen LogP contribution in [0.25, 0.3) is 0 Å². The fourth-order valence-corrected chi connectivity index (χ4v) is 2.23. The predicted molar refractivity (Wildman–Crippen MR) is 76.7 cm³/mol. The Hall–Kier alpha value is -0.900.